The van der Waals surface area contributed by atoms with Crippen LogP contribution in [0.4, 0.5) is 0 Å². The van der Waals surface area contributed by atoms with Crippen molar-refractivity contribution in [3.8, 4) is 0 Å². The van der Waals surface area contributed by atoms with Crippen LogP contribution in [-0.4, -0.2) is 38.7 Å². The summed E-state index contributed by atoms with van der Waals surface area (Å²) in [7, 11) is 0. The van der Waals surface area contributed by atoms with Gasteiger partial charge < -0.3 is 0 Å². The molecule has 29 heavy (non-hydrogen) atoms. The highest BCUT2D eigenvalue weighted by Crippen LogP contribution is 2.26. The minimum Gasteiger partial charge on any atom is -0.294 e. The molecule has 5 rings (SSSR count). The molecule has 0 spiro atoms. The number of fused-ring (bicyclic) bond motifs is 2. The van der Waals surface area contributed by atoms with Crippen LogP contribution in [0, 0.1) is 6.92 Å². The SMILES string of the molecule is Cc1cccc2cc(CN3CCc4nc(C5=NCCCC5)ncc4C3)c(Cl)nc12. The second-order valence-electron chi connectivity index (χ2n) is 8.00. The summed E-state index contributed by atoms with van der Waals surface area (Å²) in [6.07, 6.45) is 6.28. The van der Waals surface area contributed by atoms with Gasteiger partial charge in [0.1, 0.15) is 5.15 Å². The van der Waals surface area contributed by atoms with Crippen molar-refractivity contribution in [1.29, 1.82) is 0 Å². The van der Waals surface area contributed by atoms with E-state index in [9.17, 15) is 0 Å². The van der Waals surface area contributed by atoms with Crippen LogP contribution < -0.4 is 0 Å². The van der Waals surface area contributed by atoms with Crippen LogP contribution in [0.25, 0.3) is 10.9 Å². The standard InChI is InChI=1S/C23H24ClN5/c1-15-5-4-6-16-11-17(22(24)28-21(15)16)13-29-10-8-19-18(14-29)12-26-23(27-19)20-7-2-3-9-25-20/h4-6,11-12H,2-3,7-10,13-14H2,1H3. The molecular weight excluding hydrogens is 382 g/mol. The lowest BCUT2D eigenvalue weighted by molar-refractivity contribution is 0.242. The molecule has 0 unspecified atom stereocenters. The van der Waals surface area contributed by atoms with Crippen molar-refractivity contribution in [2.75, 3.05) is 13.1 Å². The summed E-state index contributed by atoms with van der Waals surface area (Å²) < 4.78 is 0. The number of nitrogens with zero attached hydrogens (tertiary/aromatic N) is 5. The van der Waals surface area contributed by atoms with Crippen molar-refractivity contribution in [2.24, 2.45) is 4.99 Å². The highest BCUT2D eigenvalue weighted by atomic mass is 35.5. The maximum absolute atomic E-state index is 6.53. The first-order chi connectivity index (χ1) is 14.2. The number of hydrogen-bond donors (Lipinski definition) is 0. The normalized spacial score (nSPS) is 17.2. The summed E-state index contributed by atoms with van der Waals surface area (Å²) in [6, 6.07) is 8.41. The second-order valence-corrected chi connectivity index (χ2v) is 8.35. The molecule has 2 aromatic heterocycles. The van der Waals surface area contributed by atoms with Gasteiger partial charge in [-0.3, -0.25) is 9.89 Å². The third-order valence-electron chi connectivity index (χ3n) is 5.86. The zero-order valence-corrected chi connectivity index (χ0v) is 17.4. The molecule has 2 aliphatic rings. The minimum atomic E-state index is 0.597. The Kier molecular flexibility index (Phi) is 5.02. The fourth-order valence-corrected chi connectivity index (χ4v) is 4.45. The highest BCUT2D eigenvalue weighted by molar-refractivity contribution is 6.30. The van der Waals surface area contributed by atoms with E-state index in [4.69, 9.17) is 16.6 Å². The van der Waals surface area contributed by atoms with Crippen molar-refractivity contribution in [3.63, 3.8) is 0 Å². The molecule has 148 valence electrons. The Hall–Kier alpha value is -2.37. The zero-order valence-electron chi connectivity index (χ0n) is 16.7. The van der Waals surface area contributed by atoms with Gasteiger partial charge in [0.2, 0.25) is 0 Å². The molecule has 5 nitrogen and oxygen atoms in total. The number of halogens is 1. The Morgan fingerprint density at radius 2 is 2.07 bits per heavy atom. The zero-order chi connectivity index (χ0) is 19.8. The monoisotopic (exact) mass is 405 g/mol. The molecule has 6 heteroatoms. The fourth-order valence-electron chi connectivity index (χ4n) is 4.25. The molecule has 2 aliphatic heterocycles. The van der Waals surface area contributed by atoms with Crippen molar-refractivity contribution >= 4 is 28.2 Å². The van der Waals surface area contributed by atoms with E-state index in [1.165, 1.54) is 18.4 Å². The minimum absolute atomic E-state index is 0.597. The average molecular weight is 406 g/mol. The Labute approximate surface area is 175 Å². The lowest BCUT2D eigenvalue weighted by atomic mass is 10.0. The largest absolute Gasteiger partial charge is 0.294 e. The van der Waals surface area contributed by atoms with Crippen LogP contribution in [0.3, 0.4) is 0 Å². The van der Waals surface area contributed by atoms with E-state index >= 15 is 0 Å². The third kappa shape index (κ3) is 3.77. The van der Waals surface area contributed by atoms with Gasteiger partial charge in [-0.15, -0.1) is 0 Å². The van der Waals surface area contributed by atoms with E-state index in [0.29, 0.717) is 5.15 Å². The van der Waals surface area contributed by atoms with Gasteiger partial charge in [0.15, 0.2) is 5.82 Å². The van der Waals surface area contributed by atoms with Gasteiger partial charge in [0.25, 0.3) is 0 Å². The Morgan fingerprint density at radius 1 is 1.14 bits per heavy atom. The number of aromatic nitrogens is 3. The van der Waals surface area contributed by atoms with Crippen LogP contribution in [-0.2, 0) is 19.5 Å². The quantitative estimate of drug-likeness (QED) is 0.601. The average Bonchev–Trinajstić information content (AvgIpc) is 2.75. The summed E-state index contributed by atoms with van der Waals surface area (Å²) in [6.45, 7) is 5.55. The number of hydrogen-bond acceptors (Lipinski definition) is 5. The molecule has 0 amide bonds. The number of pyridine rings is 1. The highest BCUT2D eigenvalue weighted by Gasteiger charge is 2.21. The predicted octanol–water partition coefficient (Wildman–Crippen LogP) is 4.52. The molecule has 0 aliphatic carbocycles. The summed E-state index contributed by atoms with van der Waals surface area (Å²) >= 11 is 6.53. The summed E-state index contributed by atoms with van der Waals surface area (Å²) in [4.78, 5) is 21.1. The number of rotatable bonds is 3. The molecule has 0 N–H and O–H groups in total. The van der Waals surface area contributed by atoms with Crippen LogP contribution >= 0.6 is 11.6 Å². The van der Waals surface area contributed by atoms with E-state index in [2.05, 4.69) is 51.0 Å². The molecule has 1 aromatic carbocycles. The molecular formula is C23H24ClN5. The van der Waals surface area contributed by atoms with Gasteiger partial charge in [-0.05, 0) is 37.8 Å². The van der Waals surface area contributed by atoms with Crippen molar-refractivity contribution in [3.05, 3.63) is 63.8 Å². The van der Waals surface area contributed by atoms with Crippen LogP contribution in [0.15, 0.2) is 35.5 Å². The van der Waals surface area contributed by atoms with Crippen LogP contribution in [0.1, 0.15) is 47.5 Å². The lowest BCUT2D eigenvalue weighted by Gasteiger charge is -2.28. The summed E-state index contributed by atoms with van der Waals surface area (Å²) in [5.74, 6) is 0.828. The summed E-state index contributed by atoms with van der Waals surface area (Å²) in [5.41, 5.74) is 6.65. The van der Waals surface area contributed by atoms with E-state index in [1.807, 2.05) is 6.20 Å². The van der Waals surface area contributed by atoms with E-state index in [0.717, 1.165) is 78.3 Å². The molecule has 0 radical (unpaired) electrons. The van der Waals surface area contributed by atoms with Gasteiger partial charge in [-0.1, -0.05) is 29.8 Å². The molecule has 3 aromatic rings. The second kappa shape index (κ2) is 7.81. The van der Waals surface area contributed by atoms with E-state index in [1.54, 1.807) is 0 Å². The molecule has 0 saturated heterocycles. The molecule has 0 bridgehead atoms. The topological polar surface area (TPSA) is 54.3 Å². The van der Waals surface area contributed by atoms with Crippen molar-refractivity contribution < 1.29 is 0 Å². The first-order valence-corrected chi connectivity index (χ1v) is 10.7. The third-order valence-corrected chi connectivity index (χ3v) is 6.19. The molecule has 4 heterocycles. The van der Waals surface area contributed by atoms with Gasteiger partial charge in [0.05, 0.1) is 16.9 Å². The van der Waals surface area contributed by atoms with Crippen molar-refractivity contribution in [1.82, 2.24) is 19.9 Å². The number of aliphatic imine (C=N–C) groups is 1. The van der Waals surface area contributed by atoms with Crippen LogP contribution in [0.5, 0.6) is 0 Å². The summed E-state index contributed by atoms with van der Waals surface area (Å²) in [5, 5.41) is 1.74. The molecule has 0 atom stereocenters. The first kappa shape index (κ1) is 18.6. The predicted molar refractivity (Wildman–Crippen MR) is 117 cm³/mol. The Balaban J connectivity index is 1.35. The van der Waals surface area contributed by atoms with Gasteiger partial charge in [-0.25, -0.2) is 15.0 Å². The van der Waals surface area contributed by atoms with Gasteiger partial charge in [0, 0.05) is 55.3 Å². The molecule has 0 fully saturated rings. The van der Waals surface area contributed by atoms with E-state index in [-0.39, 0.29) is 0 Å². The smallest absolute Gasteiger partial charge is 0.173 e. The number of aryl methyl sites for hydroxylation is 1. The Morgan fingerprint density at radius 3 is 2.93 bits per heavy atom. The molecule has 0 saturated carbocycles. The Bertz CT molecular complexity index is 1110. The van der Waals surface area contributed by atoms with E-state index < -0.39 is 0 Å². The number of benzene rings is 1. The van der Waals surface area contributed by atoms with Crippen LogP contribution in [0.2, 0.25) is 5.15 Å². The maximum Gasteiger partial charge on any atom is 0.173 e. The van der Waals surface area contributed by atoms with Gasteiger partial charge >= 0.3 is 0 Å². The number of para-hydroxylation sites is 1. The first-order valence-electron chi connectivity index (χ1n) is 10.3. The lowest BCUT2D eigenvalue weighted by Crippen LogP contribution is -2.31. The van der Waals surface area contributed by atoms with Gasteiger partial charge in [-0.2, -0.15) is 0 Å². The fraction of sp³-hybridized carbons (Fsp3) is 0.391. The van der Waals surface area contributed by atoms with Crippen molar-refractivity contribution in [2.45, 2.75) is 45.7 Å². The maximum atomic E-state index is 6.53.